The molecule has 21 heavy (non-hydrogen) atoms. The van der Waals surface area contributed by atoms with Gasteiger partial charge in [-0.2, -0.15) is 0 Å². The minimum atomic E-state index is -0.328. The molecular formula is C16H23ClN2O2. The minimum Gasteiger partial charge on any atom is -0.391 e. The molecule has 1 aliphatic carbocycles. The van der Waals surface area contributed by atoms with E-state index in [0.717, 1.165) is 31.2 Å². The molecule has 2 N–H and O–H groups in total. The highest BCUT2D eigenvalue weighted by atomic mass is 35.5. The number of aryl methyl sites for hydroxylation is 1. The average molecular weight is 311 g/mol. The van der Waals surface area contributed by atoms with E-state index in [1.807, 2.05) is 31.0 Å². The molecule has 0 aliphatic heterocycles. The van der Waals surface area contributed by atoms with Crippen molar-refractivity contribution in [2.45, 2.75) is 44.8 Å². The molecule has 1 aromatic carbocycles. The molecule has 1 aliphatic rings. The van der Waals surface area contributed by atoms with Crippen LogP contribution in [0.3, 0.4) is 0 Å². The lowest BCUT2D eigenvalue weighted by Crippen LogP contribution is -2.46. The summed E-state index contributed by atoms with van der Waals surface area (Å²) >= 11 is 6.05. The van der Waals surface area contributed by atoms with Crippen molar-refractivity contribution in [2.24, 2.45) is 0 Å². The van der Waals surface area contributed by atoms with Crippen LogP contribution in [0, 0.1) is 6.92 Å². The predicted molar refractivity (Wildman–Crippen MR) is 85.7 cm³/mol. The fourth-order valence-electron chi connectivity index (χ4n) is 2.82. The summed E-state index contributed by atoms with van der Waals surface area (Å²) in [5.41, 5.74) is 1.69. The highest BCUT2D eigenvalue weighted by Gasteiger charge is 2.27. The van der Waals surface area contributed by atoms with Gasteiger partial charge in [0, 0.05) is 16.8 Å². The maximum absolute atomic E-state index is 12.1. The van der Waals surface area contributed by atoms with Gasteiger partial charge in [-0.25, -0.2) is 0 Å². The van der Waals surface area contributed by atoms with Crippen molar-refractivity contribution in [1.29, 1.82) is 0 Å². The Morgan fingerprint density at radius 1 is 1.43 bits per heavy atom. The zero-order valence-corrected chi connectivity index (χ0v) is 13.4. The number of anilines is 1. The SMILES string of the molecule is Cc1ccc(NC(=O)CN(C)C2CCCCC2O)cc1Cl. The van der Waals surface area contributed by atoms with Gasteiger partial charge in [0.15, 0.2) is 0 Å². The molecule has 1 fully saturated rings. The first-order valence-electron chi connectivity index (χ1n) is 7.41. The number of carbonyl (C=O) groups excluding carboxylic acids is 1. The average Bonchev–Trinajstić information content (AvgIpc) is 2.43. The Bertz CT molecular complexity index is 507. The van der Waals surface area contributed by atoms with E-state index in [0.29, 0.717) is 10.7 Å². The lowest BCUT2D eigenvalue weighted by atomic mass is 9.91. The molecule has 0 saturated heterocycles. The van der Waals surface area contributed by atoms with Crippen molar-refractivity contribution < 1.29 is 9.90 Å². The van der Waals surface area contributed by atoms with E-state index in [1.165, 1.54) is 0 Å². The van der Waals surface area contributed by atoms with Crippen LogP contribution in [0.25, 0.3) is 0 Å². The Morgan fingerprint density at radius 3 is 2.81 bits per heavy atom. The van der Waals surface area contributed by atoms with Crippen LogP contribution in [-0.2, 0) is 4.79 Å². The van der Waals surface area contributed by atoms with Crippen LogP contribution in [0.1, 0.15) is 31.2 Å². The lowest BCUT2D eigenvalue weighted by Gasteiger charge is -2.34. The van der Waals surface area contributed by atoms with Gasteiger partial charge in [-0.15, -0.1) is 0 Å². The first-order chi connectivity index (χ1) is 9.97. The van der Waals surface area contributed by atoms with Gasteiger partial charge in [0.1, 0.15) is 0 Å². The summed E-state index contributed by atoms with van der Waals surface area (Å²) in [4.78, 5) is 14.0. The summed E-state index contributed by atoms with van der Waals surface area (Å²) in [6.07, 6.45) is 3.62. The van der Waals surface area contributed by atoms with E-state index in [4.69, 9.17) is 11.6 Å². The summed E-state index contributed by atoms with van der Waals surface area (Å²) in [5.74, 6) is -0.0878. The summed E-state index contributed by atoms with van der Waals surface area (Å²) in [7, 11) is 1.89. The first kappa shape index (κ1) is 16.3. The van der Waals surface area contributed by atoms with E-state index in [9.17, 15) is 9.90 Å². The lowest BCUT2D eigenvalue weighted by molar-refractivity contribution is -0.118. The number of nitrogens with one attached hydrogen (secondary N) is 1. The normalized spacial score (nSPS) is 22.3. The standard InChI is InChI=1S/C16H23ClN2O2/c1-11-7-8-12(9-13(11)17)18-16(21)10-19(2)14-5-3-4-6-15(14)20/h7-9,14-15,20H,3-6,10H2,1-2H3,(H,18,21). The number of benzene rings is 1. The molecule has 0 radical (unpaired) electrons. The number of aliphatic hydroxyl groups is 1. The molecule has 0 bridgehead atoms. The molecule has 1 amide bonds. The third kappa shape index (κ3) is 4.43. The Balaban J connectivity index is 1.90. The molecule has 0 aromatic heterocycles. The first-order valence-corrected chi connectivity index (χ1v) is 7.79. The van der Waals surface area contributed by atoms with Crippen molar-refractivity contribution in [1.82, 2.24) is 4.90 Å². The monoisotopic (exact) mass is 310 g/mol. The maximum atomic E-state index is 12.1. The highest BCUT2D eigenvalue weighted by molar-refractivity contribution is 6.31. The molecule has 2 unspecified atom stereocenters. The van der Waals surface area contributed by atoms with Gasteiger partial charge in [0.2, 0.25) is 5.91 Å². The van der Waals surface area contributed by atoms with Crippen LogP contribution in [0.15, 0.2) is 18.2 Å². The number of halogens is 1. The van der Waals surface area contributed by atoms with Crippen molar-refractivity contribution in [3.63, 3.8) is 0 Å². The molecule has 5 heteroatoms. The number of carbonyl (C=O) groups is 1. The second-order valence-corrected chi connectivity index (χ2v) is 6.25. The summed E-state index contributed by atoms with van der Waals surface area (Å²) in [6.45, 7) is 2.19. The van der Waals surface area contributed by atoms with Gasteiger partial charge >= 0.3 is 0 Å². The van der Waals surface area contributed by atoms with Crippen molar-refractivity contribution in [3.8, 4) is 0 Å². The molecule has 2 rings (SSSR count). The highest BCUT2D eigenvalue weighted by Crippen LogP contribution is 2.23. The Morgan fingerprint density at radius 2 is 2.14 bits per heavy atom. The Hall–Kier alpha value is -1.10. The molecule has 1 aromatic rings. The molecule has 116 valence electrons. The topological polar surface area (TPSA) is 52.6 Å². The third-order valence-electron chi connectivity index (χ3n) is 4.11. The van der Waals surface area contributed by atoms with E-state index >= 15 is 0 Å². The molecule has 1 saturated carbocycles. The summed E-state index contributed by atoms with van der Waals surface area (Å²) in [5, 5.41) is 13.5. The molecule has 0 spiro atoms. The number of likely N-dealkylation sites (N-methyl/N-ethyl adjacent to an activating group) is 1. The fourth-order valence-corrected chi connectivity index (χ4v) is 3.00. The van der Waals surface area contributed by atoms with Crippen LogP contribution in [-0.4, -0.2) is 41.7 Å². The summed E-state index contributed by atoms with van der Waals surface area (Å²) in [6, 6.07) is 5.55. The van der Waals surface area contributed by atoms with Gasteiger partial charge in [-0.05, 0) is 44.5 Å². The van der Waals surface area contributed by atoms with Crippen LogP contribution in [0.4, 0.5) is 5.69 Å². The van der Waals surface area contributed by atoms with E-state index < -0.39 is 0 Å². The zero-order chi connectivity index (χ0) is 15.4. The predicted octanol–water partition coefficient (Wildman–Crippen LogP) is 2.82. The second-order valence-electron chi connectivity index (χ2n) is 5.85. The van der Waals surface area contributed by atoms with Crippen molar-refractivity contribution in [3.05, 3.63) is 28.8 Å². The molecule has 4 nitrogen and oxygen atoms in total. The number of amides is 1. The molecular weight excluding hydrogens is 288 g/mol. The van der Waals surface area contributed by atoms with Crippen LogP contribution < -0.4 is 5.32 Å². The fraction of sp³-hybridized carbons (Fsp3) is 0.562. The maximum Gasteiger partial charge on any atom is 0.238 e. The Labute approximate surface area is 131 Å². The third-order valence-corrected chi connectivity index (χ3v) is 4.52. The number of rotatable bonds is 4. The summed E-state index contributed by atoms with van der Waals surface area (Å²) < 4.78 is 0. The van der Waals surface area contributed by atoms with Gasteiger partial charge in [0.25, 0.3) is 0 Å². The molecule has 2 atom stereocenters. The smallest absolute Gasteiger partial charge is 0.238 e. The quantitative estimate of drug-likeness (QED) is 0.899. The van der Waals surface area contributed by atoms with Gasteiger partial charge in [-0.1, -0.05) is 30.5 Å². The van der Waals surface area contributed by atoms with E-state index in [1.54, 1.807) is 6.07 Å². The zero-order valence-electron chi connectivity index (χ0n) is 12.6. The van der Waals surface area contributed by atoms with Crippen LogP contribution in [0.5, 0.6) is 0 Å². The van der Waals surface area contributed by atoms with E-state index in [2.05, 4.69) is 5.32 Å². The van der Waals surface area contributed by atoms with Gasteiger partial charge in [0.05, 0.1) is 12.6 Å². The largest absolute Gasteiger partial charge is 0.391 e. The van der Waals surface area contributed by atoms with Crippen molar-refractivity contribution in [2.75, 3.05) is 18.9 Å². The minimum absolute atomic E-state index is 0.0751. The second kappa shape index (κ2) is 7.25. The number of hydrogen-bond acceptors (Lipinski definition) is 3. The van der Waals surface area contributed by atoms with Crippen molar-refractivity contribution >= 4 is 23.2 Å². The number of aliphatic hydroxyl groups excluding tert-OH is 1. The van der Waals surface area contributed by atoms with E-state index in [-0.39, 0.29) is 24.6 Å². The molecule has 0 heterocycles. The van der Waals surface area contributed by atoms with Gasteiger partial charge < -0.3 is 10.4 Å². The number of nitrogens with zero attached hydrogens (tertiary/aromatic N) is 1. The van der Waals surface area contributed by atoms with Crippen LogP contribution in [0.2, 0.25) is 5.02 Å². The Kier molecular flexibility index (Phi) is 5.62. The number of hydrogen-bond donors (Lipinski definition) is 2. The van der Waals surface area contributed by atoms with Crippen LogP contribution >= 0.6 is 11.6 Å². The van der Waals surface area contributed by atoms with Gasteiger partial charge in [-0.3, -0.25) is 9.69 Å².